The number of nitrogens with zero attached hydrogens (tertiary/aromatic N) is 2. The van der Waals surface area contributed by atoms with Gasteiger partial charge >= 0.3 is 6.09 Å². The fraction of sp³-hybridized carbons (Fsp3) is 0.688. The molecule has 1 fully saturated rings. The summed E-state index contributed by atoms with van der Waals surface area (Å²) in [4.78, 5) is 16.2. The molecule has 124 valence electrons. The number of amides is 1. The van der Waals surface area contributed by atoms with Crippen molar-refractivity contribution in [3.63, 3.8) is 0 Å². The normalized spacial score (nSPS) is 26.4. The highest BCUT2D eigenvalue weighted by Gasteiger charge is 2.30. The Morgan fingerprint density at radius 2 is 2.00 bits per heavy atom. The fourth-order valence-electron chi connectivity index (χ4n) is 2.67. The van der Waals surface area contributed by atoms with Crippen molar-refractivity contribution in [2.75, 3.05) is 32.7 Å². The Balaban J connectivity index is 1.82. The first kappa shape index (κ1) is 17.2. The van der Waals surface area contributed by atoms with Crippen molar-refractivity contribution < 1.29 is 9.53 Å². The van der Waals surface area contributed by atoms with Gasteiger partial charge in [0.2, 0.25) is 0 Å². The minimum Gasteiger partial charge on any atom is -0.444 e. The molecule has 2 heterocycles. The van der Waals surface area contributed by atoms with Crippen molar-refractivity contribution in [3.8, 4) is 0 Å². The van der Waals surface area contributed by atoms with Gasteiger partial charge < -0.3 is 15.0 Å². The molecule has 6 heteroatoms. The zero-order chi connectivity index (χ0) is 16.4. The summed E-state index contributed by atoms with van der Waals surface area (Å²) in [7, 11) is 0. The molecule has 1 atom stereocenters. The second-order valence-corrected chi connectivity index (χ2v) is 7.57. The average molecular weight is 328 g/mol. The maximum atomic E-state index is 12.1. The van der Waals surface area contributed by atoms with E-state index in [0.29, 0.717) is 18.2 Å². The van der Waals surface area contributed by atoms with Gasteiger partial charge in [-0.15, -0.1) is 0 Å². The van der Waals surface area contributed by atoms with Crippen LogP contribution >= 0.6 is 11.6 Å². The molecular formula is C16H26ClN3O2. The molecule has 0 radical (unpaired) electrons. The van der Waals surface area contributed by atoms with Gasteiger partial charge in [0.25, 0.3) is 0 Å². The highest BCUT2D eigenvalue weighted by molar-refractivity contribution is 6.29. The van der Waals surface area contributed by atoms with Crippen LogP contribution in [0.15, 0.2) is 23.4 Å². The van der Waals surface area contributed by atoms with Crippen molar-refractivity contribution in [2.45, 2.75) is 38.8 Å². The molecule has 0 bridgehead atoms. The molecule has 0 aromatic rings. The molecule has 2 aliphatic heterocycles. The van der Waals surface area contributed by atoms with Crippen molar-refractivity contribution >= 4 is 17.7 Å². The maximum absolute atomic E-state index is 12.1. The van der Waals surface area contributed by atoms with Crippen molar-refractivity contribution in [1.29, 1.82) is 0 Å². The number of piperazine rings is 1. The molecule has 1 amide bonds. The quantitative estimate of drug-likeness (QED) is 0.792. The zero-order valence-electron chi connectivity index (χ0n) is 13.9. The number of rotatable bonds is 2. The van der Waals surface area contributed by atoms with Crippen molar-refractivity contribution in [3.05, 3.63) is 23.4 Å². The highest BCUT2D eigenvalue weighted by Crippen LogP contribution is 2.19. The molecule has 1 N–H and O–H groups in total. The van der Waals surface area contributed by atoms with Gasteiger partial charge in [-0.05, 0) is 33.8 Å². The van der Waals surface area contributed by atoms with Crippen LogP contribution in [0, 0.1) is 0 Å². The third kappa shape index (κ3) is 4.92. The molecular weight excluding hydrogens is 302 g/mol. The van der Waals surface area contributed by atoms with E-state index in [1.54, 1.807) is 4.90 Å². The minimum atomic E-state index is -0.443. The summed E-state index contributed by atoms with van der Waals surface area (Å²) in [6.07, 6.45) is 5.73. The number of carbonyl (C=O) groups is 1. The molecule has 1 saturated heterocycles. The van der Waals surface area contributed by atoms with Gasteiger partial charge in [0.05, 0.1) is 5.54 Å². The van der Waals surface area contributed by atoms with E-state index in [0.717, 1.165) is 19.6 Å². The topological polar surface area (TPSA) is 44.8 Å². The van der Waals surface area contributed by atoms with E-state index in [1.807, 2.05) is 32.9 Å². The summed E-state index contributed by atoms with van der Waals surface area (Å²) < 4.78 is 5.42. The van der Waals surface area contributed by atoms with Crippen LogP contribution in [0.4, 0.5) is 4.79 Å². The predicted octanol–water partition coefficient (Wildman–Crippen LogP) is 2.54. The van der Waals surface area contributed by atoms with E-state index in [9.17, 15) is 4.79 Å². The Kier molecular flexibility index (Phi) is 5.07. The number of hydrogen-bond donors (Lipinski definition) is 1. The van der Waals surface area contributed by atoms with E-state index < -0.39 is 5.60 Å². The van der Waals surface area contributed by atoms with E-state index in [2.05, 4.69) is 23.2 Å². The lowest BCUT2D eigenvalue weighted by Crippen LogP contribution is -2.56. The number of ether oxygens (including phenoxy) is 1. The SMILES string of the molecule is CC1(CN2CCN(C(=O)OC(C)(C)C)CC2)C=CC=C(Cl)N1. The largest absolute Gasteiger partial charge is 0.444 e. The molecule has 0 aromatic carbocycles. The second-order valence-electron chi connectivity index (χ2n) is 7.16. The number of nitrogens with one attached hydrogen (secondary N) is 1. The molecule has 1 unspecified atom stereocenters. The van der Waals surface area contributed by atoms with Crippen LogP contribution in [0.25, 0.3) is 0 Å². The molecule has 0 aromatic heterocycles. The lowest BCUT2D eigenvalue weighted by atomic mass is 9.99. The first-order chi connectivity index (χ1) is 10.2. The van der Waals surface area contributed by atoms with Crippen LogP contribution in [0.2, 0.25) is 0 Å². The van der Waals surface area contributed by atoms with Crippen molar-refractivity contribution in [1.82, 2.24) is 15.1 Å². The lowest BCUT2D eigenvalue weighted by molar-refractivity contribution is 0.0133. The summed E-state index contributed by atoms with van der Waals surface area (Å²) >= 11 is 6.06. The van der Waals surface area contributed by atoms with Gasteiger partial charge in [-0.2, -0.15) is 0 Å². The lowest BCUT2D eigenvalue weighted by Gasteiger charge is -2.40. The van der Waals surface area contributed by atoms with Crippen LogP contribution in [0.5, 0.6) is 0 Å². The first-order valence-electron chi connectivity index (χ1n) is 7.70. The number of allylic oxidation sites excluding steroid dienone is 2. The van der Waals surface area contributed by atoms with Gasteiger partial charge in [0.1, 0.15) is 10.8 Å². The van der Waals surface area contributed by atoms with Gasteiger partial charge in [-0.25, -0.2) is 4.79 Å². The average Bonchev–Trinajstić information content (AvgIpc) is 2.36. The Morgan fingerprint density at radius 3 is 2.55 bits per heavy atom. The van der Waals surface area contributed by atoms with Crippen LogP contribution in [-0.2, 0) is 4.74 Å². The zero-order valence-corrected chi connectivity index (χ0v) is 14.6. The Morgan fingerprint density at radius 1 is 1.36 bits per heavy atom. The van der Waals surface area contributed by atoms with Gasteiger partial charge in [0.15, 0.2) is 0 Å². The summed E-state index contributed by atoms with van der Waals surface area (Å²) in [5.74, 6) is 0. The number of hydrogen-bond acceptors (Lipinski definition) is 4. The van der Waals surface area contributed by atoms with Crippen molar-refractivity contribution in [2.24, 2.45) is 0 Å². The molecule has 0 spiro atoms. The fourth-order valence-corrected chi connectivity index (χ4v) is 2.96. The first-order valence-corrected chi connectivity index (χ1v) is 8.08. The summed E-state index contributed by atoms with van der Waals surface area (Å²) in [5.41, 5.74) is -0.610. The van der Waals surface area contributed by atoms with Gasteiger partial charge in [-0.1, -0.05) is 23.8 Å². The molecule has 0 aliphatic carbocycles. The molecule has 2 rings (SSSR count). The molecule has 0 saturated carbocycles. The maximum Gasteiger partial charge on any atom is 0.410 e. The summed E-state index contributed by atoms with van der Waals surface area (Å²) in [6.45, 7) is 11.7. The summed E-state index contributed by atoms with van der Waals surface area (Å²) in [5, 5.41) is 3.96. The van der Waals surface area contributed by atoms with E-state index in [-0.39, 0.29) is 11.6 Å². The Labute approximate surface area is 137 Å². The highest BCUT2D eigenvalue weighted by atomic mass is 35.5. The smallest absolute Gasteiger partial charge is 0.410 e. The Hall–Kier alpha value is -1.20. The minimum absolute atomic E-state index is 0.167. The van der Waals surface area contributed by atoms with E-state index >= 15 is 0 Å². The summed E-state index contributed by atoms with van der Waals surface area (Å²) in [6, 6.07) is 0. The Bertz CT molecular complexity index is 476. The van der Waals surface area contributed by atoms with Gasteiger partial charge in [0, 0.05) is 32.7 Å². The van der Waals surface area contributed by atoms with E-state index in [4.69, 9.17) is 16.3 Å². The van der Waals surface area contributed by atoms with Crippen LogP contribution in [0.3, 0.4) is 0 Å². The number of halogens is 1. The van der Waals surface area contributed by atoms with Crippen LogP contribution in [-0.4, -0.2) is 59.8 Å². The predicted molar refractivity (Wildman–Crippen MR) is 88.9 cm³/mol. The second kappa shape index (κ2) is 6.50. The number of dihydropyridines is 1. The van der Waals surface area contributed by atoms with Crippen LogP contribution in [0.1, 0.15) is 27.7 Å². The third-order valence-electron chi connectivity index (χ3n) is 3.69. The monoisotopic (exact) mass is 327 g/mol. The number of carbonyl (C=O) groups excluding carboxylic acids is 1. The molecule has 2 aliphatic rings. The third-order valence-corrected chi connectivity index (χ3v) is 3.91. The van der Waals surface area contributed by atoms with Gasteiger partial charge in [-0.3, -0.25) is 4.90 Å². The molecule has 5 nitrogen and oxygen atoms in total. The standard InChI is InChI=1S/C16H26ClN3O2/c1-15(2,3)22-14(21)20-10-8-19(9-11-20)12-16(4)7-5-6-13(17)18-16/h5-7,18H,8-12H2,1-4H3. The van der Waals surface area contributed by atoms with E-state index in [1.165, 1.54) is 0 Å². The van der Waals surface area contributed by atoms with Crippen LogP contribution < -0.4 is 5.32 Å². The molecule has 22 heavy (non-hydrogen) atoms.